The Labute approximate surface area is 48.5 Å². The molecule has 44 valence electrons. The Morgan fingerprint density at radius 3 is 3.12 bits per heavy atom. The van der Waals surface area contributed by atoms with Gasteiger partial charge in [0.15, 0.2) is 0 Å². The lowest BCUT2D eigenvalue weighted by molar-refractivity contribution is 0.319. The van der Waals surface area contributed by atoms with E-state index in [1.165, 1.54) is 0 Å². The van der Waals surface area contributed by atoms with E-state index in [9.17, 15) is 0 Å². The topological polar surface area (TPSA) is 32.6 Å². The standard InChI is InChI=1S/C6H9NO/c8-7-5-6-3-1-2-4-6/h1,3,5-6,8H,2,4H2. The number of rotatable bonds is 1. The highest BCUT2D eigenvalue weighted by Gasteiger charge is 2.04. The molecule has 0 aliphatic heterocycles. The highest BCUT2D eigenvalue weighted by Crippen LogP contribution is 2.13. The summed E-state index contributed by atoms with van der Waals surface area (Å²) in [5, 5.41) is 11.0. The van der Waals surface area contributed by atoms with E-state index >= 15 is 0 Å². The second-order valence-electron chi connectivity index (χ2n) is 1.93. The molecule has 0 amide bonds. The first-order valence-electron chi connectivity index (χ1n) is 2.77. The van der Waals surface area contributed by atoms with Crippen molar-refractivity contribution in [2.24, 2.45) is 11.1 Å². The third-order valence-electron chi connectivity index (χ3n) is 1.31. The van der Waals surface area contributed by atoms with Crippen molar-refractivity contribution in [3.05, 3.63) is 12.2 Å². The van der Waals surface area contributed by atoms with Crippen molar-refractivity contribution in [1.29, 1.82) is 0 Å². The summed E-state index contributed by atoms with van der Waals surface area (Å²) in [6.45, 7) is 0. The van der Waals surface area contributed by atoms with E-state index < -0.39 is 0 Å². The predicted molar refractivity (Wildman–Crippen MR) is 32.1 cm³/mol. The average Bonchev–Trinajstić information content (AvgIpc) is 2.19. The summed E-state index contributed by atoms with van der Waals surface area (Å²) in [6, 6.07) is 0. The quantitative estimate of drug-likeness (QED) is 0.236. The lowest BCUT2D eigenvalue weighted by Crippen LogP contribution is -1.90. The Hall–Kier alpha value is -0.790. The molecule has 8 heavy (non-hydrogen) atoms. The molecule has 1 atom stereocenters. The molecule has 1 N–H and O–H groups in total. The van der Waals surface area contributed by atoms with Crippen LogP contribution in [0.2, 0.25) is 0 Å². The molecule has 0 aromatic heterocycles. The Morgan fingerprint density at radius 1 is 1.75 bits per heavy atom. The number of hydrogen-bond donors (Lipinski definition) is 1. The Balaban J connectivity index is 2.36. The molecule has 1 rings (SSSR count). The molecule has 0 aromatic carbocycles. The Morgan fingerprint density at radius 2 is 2.62 bits per heavy atom. The minimum absolute atomic E-state index is 0.389. The predicted octanol–water partition coefficient (Wildman–Crippen LogP) is 1.41. The van der Waals surface area contributed by atoms with E-state index in [0.717, 1.165) is 12.8 Å². The van der Waals surface area contributed by atoms with E-state index in [2.05, 4.69) is 17.3 Å². The van der Waals surface area contributed by atoms with Crippen molar-refractivity contribution in [2.45, 2.75) is 12.8 Å². The van der Waals surface area contributed by atoms with Crippen molar-refractivity contribution in [1.82, 2.24) is 0 Å². The van der Waals surface area contributed by atoms with Gasteiger partial charge in [-0.15, -0.1) is 5.16 Å². The highest BCUT2D eigenvalue weighted by molar-refractivity contribution is 5.63. The van der Waals surface area contributed by atoms with Gasteiger partial charge in [0.1, 0.15) is 0 Å². The van der Waals surface area contributed by atoms with Gasteiger partial charge < -0.3 is 5.21 Å². The van der Waals surface area contributed by atoms with Crippen molar-refractivity contribution in [3.8, 4) is 0 Å². The van der Waals surface area contributed by atoms with E-state index in [0.29, 0.717) is 5.92 Å². The fourth-order valence-corrected chi connectivity index (χ4v) is 0.866. The highest BCUT2D eigenvalue weighted by atomic mass is 16.4. The molecular formula is C6H9NO. The van der Waals surface area contributed by atoms with Crippen LogP contribution in [0.15, 0.2) is 17.3 Å². The smallest absolute Gasteiger partial charge is 0.0504 e. The summed E-state index contributed by atoms with van der Waals surface area (Å²) in [4.78, 5) is 0. The molecule has 0 fully saturated rings. The van der Waals surface area contributed by atoms with Gasteiger partial charge in [-0.1, -0.05) is 12.2 Å². The first-order chi connectivity index (χ1) is 3.93. The molecule has 0 radical (unpaired) electrons. The number of nitrogens with zero attached hydrogens (tertiary/aromatic N) is 1. The zero-order valence-corrected chi connectivity index (χ0v) is 4.62. The SMILES string of the molecule is ON=CC1C=CCC1. The maximum atomic E-state index is 8.06. The molecule has 2 nitrogen and oxygen atoms in total. The van der Waals surface area contributed by atoms with E-state index in [1.807, 2.05) is 0 Å². The molecule has 0 saturated carbocycles. The largest absolute Gasteiger partial charge is 0.411 e. The van der Waals surface area contributed by atoms with Crippen LogP contribution in [-0.2, 0) is 0 Å². The van der Waals surface area contributed by atoms with Crippen LogP contribution in [0.1, 0.15) is 12.8 Å². The fourth-order valence-electron chi connectivity index (χ4n) is 0.866. The van der Waals surface area contributed by atoms with Crippen LogP contribution < -0.4 is 0 Å². The summed E-state index contributed by atoms with van der Waals surface area (Å²) < 4.78 is 0. The van der Waals surface area contributed by atoms with E-state index in [1.54, 1.807) is 6.21 Å². The minimum Gasteiger partial charge on any atom is -0.411 e. The van der Waals surface area contributed by atoms with Crippen LogP contribution in [0, 0.1) is 5.92 Å². The second kappa shape index (κ2) is 2.50. The number of oxime groups is 1. The van der Waals surface area contributed by atoms with Gasteiger partial charge in [-0.2, -0.15) is 0 Å². The van der Waals surface area contributed by atoms with Gasteiger partial charge in [0.2, 0.25) is 0 Å². The average molecular weight is 111 g/mol. The summed E-state index contributed by atoms with van der Waals surface area (Å²) >= 11 is 0. The molecule has 1 aliphatic rings. The zero-order valence-electron chi connectivity index (χ0n) is 4.62. The van der Waals surface area contributed by atoms with Crippen LogP contribution in [-0.4, -0.2) is 11.4 Å². The first kappa shape index (κ1) is 5.35. The zero-order chi connectivity index (χ0) is 5.82. The van der Waals surface area contributed by atoms with Crippen molar-refractivity contribution in [3.63, 3.8) is 0 Å². The lowest BCUT2D eigenvalue weighted by Gasteiger charge is -1.92. The van der Waals surface area contributed by atoms with Crippen molar-refractivity contribution < 1.29 is 5.21 Å². The van der Waals surface area contributed by atoms with Crippen LogP contribution in [0.5, 0.6) is 0 Å². The van der Waals surface area contributed by atoms with Gasteiger partial charge in [0.05, 0.1) is 6.21 Å². The fraction of sp³-hybridized carbons (Fsp3) is 0.500. The monoisotopic (exact) mass is 111 g/mol. The molecule has 1 aliphatic carbocycles. The van der Waals surface area contributed by atoms with Gasteiger partial charge in [-0.05, 0) is 12.8 Å². The molecule has 0 aromatic rings. The van der Waals surface area contributed by atoms with Crippen LogP contribution in [0.4, 0.5) is 0 Å². The van der Waals surface area contributed by atoms with E-state index in [4.69, 9.17) is 5.21 Å². The van der Waals surface area contributed by atoms with Crippen molar-refractivity contribution >= 4 is 6.21 Å². The second-order valence-corrected chi connectivity index (χ2v) is 1.93. The first-order valence-corrected chi connectivity index (χ1v) is 2.77. The lowest BCUT2D eigenvalue weighted by atomic mass is 10.1. The van der Waals surface area contributed by atoms with Crippen LogP contribution >= 0.6 is 0 Å². The molecule has 0 bridgehead atoms. The summed E-state index contributed by atoms with van der Waals surface area (Å²) in [5.41, 5.74) is 0. The molecule has 2 heteroatoms. The van der Waals surface area contributed by atoms with Crippen molar-refractivity contribution in [2.75, 3.05) is 0 Å². The molecular weight excluding hydrogens is 102 g/mol. The van der Waals surface area contributed by atoms with Gasteiger partial charge in [-0.25, -0.2) is 0 Å². The summed E-state index contributed by atoms with van der Waals surface area (Å²) in [5.74, 6) is 0.389. The maximum Gasteiger partial charge on any atom is 0.0504 e. The van der Waals surface area contributed by atoms with Gasteiger partial charge in [0.25, 0.3) is 0 Å². The van der Waals surface area contributed by atoms with Gasteiger partial charge in [0, 0.05) is 5.92 Å². The van der Waals surface area contributed by atoms with Gasteiger partial charge in [-0.3, -0.25) is 0 Å². The normalized spacial score (nSPS) is 27.8. The Bertz CT molecular complexity index is 118. The third kappa shape index (κ3) is 1.09. The number of allylic oxidation sites excluding steroid dienone is 2. The summed E-state index contributed by atoms with van der Waals surface area (Å²) in [6.07, 6.45) is 7.94. The molecule has 0 saturated heterocycles. The van der Waals surface area contributed by atoms with Crippen LogP contribution in [0.3, 0.4) is 0 Å². The van der Waals surface area contributed by atoms with Gasteiger partial charge >= 0.3 is 0 Å². The Kier molecular flexibility index (Phi) is 1.67. The number of hydrogen-bond acceptors (Lipinski definition) is 2. The van der Waals surface area contributed by atoms with Crippen LogP contribution in [0.25, 0.3) is 0 Å². The molecule has 1 unspecified atom stereocenters. The maximum absolute atomic E-state index is 8.06. The molecule has 0 spiro atoms. The minimum atomic E-state index is 0.389. The third-order valence-corrected chi connectivity index (χ3v) is 1.31. The molecule has 0 heterocycles. The van der Waals surface area contributed by atoms with E-state index in [-0.39, 0.29) is 0 Å². The summed E-state index contributed by atoms with van der Waals surface area (Å²) in [7, 11) is 0.